The third kappa shape index (κ3) is 5.04. The summed E-state index contributed by atoms with van der Waals surface area (Å²) in [6, 6.07) is 0. The van der Waals surface area contributed by atoms with Gasteiger partial charge >= 0.3 is 5.97 Å². The van der Waals surface area contributed by atoms with E-state index in [4.69, 9.17) is 5.11 Å². The zero-order valence-corrected chi connectivity index (χ0v) is 10.3. The summed E-state index contributed by atoms with van der Waals surface area (Å²) < 4.78 is 0. The van der Waals surface area contributed by atoms with Gasteiger partial charge in [-0.15, -0.1) is 11.3 Å². The minimum absolute atomic E-state index is 0.607. The summed E-state index contributed by atoms with van der Waals surface area (Å²) in [6.07, 6.45) is 2.10. The van der Waals surface area contributed by atoms with Gasteiger partial charge in [0.1, 0.15) is 0 Å². The molecule has 0 radical (unpaired) electrons. The number of aliphatic carboxylic acids is 1. The fourth-order valence-electron chi connectivity index (χ4n) is 1.29. The second-order valence-corrected chi connectivity index (χ2v) is 4.68. The molecule has 1 heterocycles. The van der Waals surface area contributed by atoms with Crippen molar-refractivity contribution >= 4 is 17.3 Å². The van der Waals surface area contributed by atoms with Gasteiger partial charge in [0.15, 0.2) is 0 Å². The summed E-state index contributed by atoms with van der Waals surface area (Å²) in [7, 11) is 0. The molecule has 0 fully saturated rings. The molecule has 0 aliphatic heterocycles. The van der Waals surface area contributed by atoms with Crippen molar-refractivity contribution in [3.63, 3.8) is 0 Å². The van der Waals surface area contributed by atoms with Crippen LogP contribution in [0, 0.1) is 6.92 Å². The van der Waals surface area contributed by atoms with Crippen molar-refractivity contribution in [3.8, 4) is 0 Å². The maximum absolute atomic E-state index is 10.4. The van der Waals surface area contributed by atoms with Crippen LogP contribution in [0.5, 0.6) is 0 Å². The van der Waals surface area contributed by atoms with E-state index in [1.54, 1.807) is 18.3 Å². The third-order valence-electron chi connectivity index (χ3n) is 2.00. The Balaban J connectivity index is 2.19. The van der Waals surface area contributed by atoms with Gasteiger partial charge in [0.05, 0.1) is 10.7 Å². The minimum Gasteiger partial charge on any atom is -0.478 e. The number of aromatic nitrogens is 1. The molecule has 0 aliphatic carbocycles. The van der Waals surface area contributed by atoms with Crippen LogP contribution in [0.3, 0.4) is 0 Å². The van der Waals surface area contributed by atoms with Gasteiger partial charge in [0.25, 0.3) is 0 Å². The molecule has 0 saturated carbocycles. The van der Waals surface area contributed by atoms with E-state index >= 15 is 0 Å². The van der Waals surface area contributed by atoms with E-state index in [1.165, 1.54) is 6.08 Å². The van der Waals surface area contributed by atoms with Gasteiger partial charge in [-0.3, -0.25) is 0 Å². The fraction of sp³-hybridized carbons (Fsp3) is 0.455. The largest absolute Gasteiger partial charge is 0.478 e. The molecule has 0 spiro atoms. The molecule has 0 saturated heterocycles. The SMILES string of the molecule is CC(=CC(=O)O)CNCCc1csc(C)n1. The van der Waals surface area contributed by atoms with Crippen LogP contribution in [0.15, 0.2) is 17.0 Å². The number of carboxylic acid groups (broad SMARTS) is 1. The number of hydrogen-bond donors (Lipinski definition) is 2. The summed E-state index contributed by atoms with van der Waals surface area (Å²) in [5.74, 6) is -0.894. The van der Waals surface area contributed by atoms with Gasteiger partial charge in [-0.25, -0.2) is 9.78 Å². The summed E-state index contributed by atoms with van der Waals surface area (Å²) in [5.41, 5.74) is 1.91. The van der Waals surface area contributed by atoms with Gasteiger partial charge < -0.3 is 10.4 Å². The predicted molar refractivity (Wildman–Crippen MR) is 64.8 cm³/mol. The Morgan fingerprint density at radius 2 is 2.44 bits per heavy atom. The summed E-state index contributed by atoms with van der Waals surface area (Å²) >= 11 is 1.65. The van der Waals surface area contributed by atoms with Crippen molar-refractivity contribution < 1.29 is 9.90 Å². The standard InChI is InChI=1S/C11H16N2O2S/c1-8(5-11(14)15)6-12-4-3-10-7-16-9(2)13-10/h5,7,12H,3-4,6H2,1-2H3,(H,14,15). The smallest absolute Gasteiger partial charge is 0.328 e. The Hall–Kier alpha value is -1.20. The number of carboxylic acids is 1. The van der Waals surface area contributed by atoms with E-state index < -0.39 is 5.97 Å². The first-order valence-corrected chi connectivity index (χ1v) is 5.97. The van der Waals surface area contributed by atoms with Gasteiger partial charge in [0, 0.05) is 31.0 Å². The molecule has 16 heavy (non-hydrogen) atoms. The summed E-state index contributed by atoms with van der Waals surface area (Å²) in [6.45, 7) is 5.21. The van der Waals surface area contributed by atoms with E-state index in [-0.39, 0.29) is 0 Å². The summed E-state index contributed by atoms with van der Waals surface area (Å²) in [4.78, 5) is 14.7. The number of nitrogens with one attached hydrogen (secondary N) is 1. The van der Waals surface area contributed by atoms with Crippen molar-refractivity contribution in [2.75, 3.05) is 13.1 Å². The molecule has 1 aromatic heterocycles. The van der Waals surface area contributed by atoms with Crippen LogP contribution >= 0.6 is 11.3 Å². The van der Waals surface area contributed by atoms with E-state index in [1.807, 2.05) is 6.92 Å². The van der Waals surface area contributed by atoms with Crippen LogP contribution in [0.2, 0.25) is 0 Å². The first kappa shape index (κ1) is 12.9. The molecule has 88 valence electrons. The average Bonchev–Trinajstić information content (AvgIpc) is 2.58. The quantitative estimate of drug-likeness (QED) is 0.586. The second kappa shape index (κ2) is 6.40. The Kier molecular flexibility index (Phi) is 5.14. The normalized spacial score (nSPS) is 11.8. The number of nitrogens with zero attached hydrogens (tertiary/aromatic N) is 1. The number of aryl methyl sites for hydroxylation is 1. The first-order valence-electron chi connectivity index (χ1n) is 5.10. The lowest BCUT2D eigenvalue weighted by atomic mass is 10.2. The topological polar surface area (TPSA) is 62.2 Å². The zero-order chi connectivity index (χ0) is 12.0. The molecule has 2 N–H and O–H groups in total. The van der Waals surface area contributed by atoms with Gasteiger partial charge in [-0.2, -0.15) is 0 Å². The molecular formula is C11H16N2O2S. The Morgan fingerprint density at radius 3 is 3.00 bits per heavy atom. The third-order valence-corrected chi connectivity index (χ3v) is 2.82. The maximum atomic E-state index is 10.4. The van der Waals surface area contributed by atoms with Crippen molar-refractivity contribution in [1.82, 2.24) is 10.3 Å². The van der Waals surface area contributed by atoms with Gasteiger partial charge in [-0.05, 0) is 13.8 Å². The molecular weight excluding hydrogens is 224 g/mol. The highest BCUT2D eigenvalue weighted by Gasteiger charge is 1.98. The average molecular weight is 240 g/mol. The maximum Gasteiger partial charge on any atom is 0.328 e. The molecule has 0 bridgehead atoms. The van der Waals surface area contributed by atoms with Crippen molar-refractivity contribution in [3.05, 3.63) is 27.7 Å². The monoisotopic (exact) mass is 240 g/mol. The molecule has 0 atom stereocenters. The molecule has 0 unspecified atom stereocenters. The molecule has 0 amide bonds. The van der Waals surface area contributed by atoms with Crippen LogP contribution in [0.4, 0.5) is 0 Å². The summed E-state index contributed by atoms with van der Waals surface area (Å²) in [5, 5.41) is 14.8. The van der Waals surface area contributed by atoms with Crippen LogP contribution in [0.25, 0.3) is 0 Å². The van der Waals surface area contributed by atoms with Crippen molar-refractivity contribution in [2.45, 2.75) is 20.3 Å². The van der Waals surface area contributed by atoms with E-state index in [9.17, 15) is 4.79 Å². The lowest BCUT2D eigenvalue weighted by Gasteiger charge is -2.02. The predicted octanol–water partition coefficient (Wildman–Crippen LogP) is 1.61. The van der Waals surface area contributed by atoms with E-state index in [0.29, 0.717) is 6.54 Å². The lowest BCUT2D eigenvalue weighted by molar-refractivity contribution is -0.131. The Bertz CT molecular complexity index is 385. The molecule has 1 aromatic rings. The van der Waals surface area contributed by atoms with Crippen LogP contribution in [-0.2, 0) is 11.2 Å². The van der Waals surface area contributed by atoms with E-state index in [0.717, 1.165) is 29.2 Å². The van der Waals surface area contributed by atoms with Gasteiger partial charge in [0.2, 0.25) is 0 Å². The highest BCUT2D eigenvalue weighted by molar-refractivity contribution is 7.09. The number of hydrogen-bond acceptors (Lipinski definition) is 4. The lowest BCUT2D eigenvalue weighted by Crippen LogP contribution is -2.19. The minimum atomic E-state index is -0.894. The molecule has 1 rings (SSSR count). The second-order valence-electron chi connectivity index (χ2n) is 3.61. The molecule has 0 aliphatic rings. The zero-order valence-electron chi connectivity index (χ0n) is 9.49. The molecule has 5 heteroatoms. The van der Waals surface area contributed by atoms with Gasteiger partial charge in [-0.1, -0.05) is 5.57 Å². The fourth-order valence-corrected chi connectivity index (χ4v) is 1.93. The van der Waals surface area contributed by atoms with Crippen LogP contribution in [0.1, 0.15) is 17.6 Å². The number of thiazole rings is 1. The highest BCUT2D eigenvalue weighted by Crippen LogP contribution is 2.07. The van der Waals surface area contributed by atoms with E-state index in [2.05, 4.69) is 15.7 Å². The highest BCUT2D eigenvalue weighted by atomic mass is 32.1. The number of carbonyl (C=O) groups is 1. The van der Waals surface area contributed by atoms with Crippen molar-refractivity contribution in [2.24, 2.45) is 0 Å². The van der Waals surface area contributed by atoms with Crippen LogP contribution < -0.4 is 5.32 Å². The Morgan fingerprint density at radius 1 is 1.69 bits per heavy atom. The number of rotatable bonds is 6. The molecule has 0 aromatic carbocycles. The van der Waals surface area contributed by atoms with Crippen molar-refractivity contribution in [1.29, 1.82) is 0 Å². The Labute approximate surface area is 99.0 Å². The first-order chi connectivity index (χ1) is 7.58. The molecule has 4 nitrogen and oxygen atoms in total. The van der Waals surface area contributed by atoms with Crippen LogP contribution in [-0.4, -0.2) is 29.1 Å².